The molecule has 0 bridgehead atoms. The van der Waals surface area contributed by atoms with E-state index in [1.165, 1.54) is 6.26 Å². The van der Waals surface area contributed by atoms with Crippen molar-refractivity contribution in [1.29, 1.82) is 0 Å². The van der Waals surface area contributed by atoms with Gasteiger partial charge in [-0.05, 0) is 19.8 Å². The quantitative estimate of drug-likeness (QED) is 0.406. The van der Waals surface area contributed by atoms with E-state index in [9.17, 15) is 8.42 Å². The number of nitrogens with zero attached hydrogens (tertiary/aromatic N) is 1. The highest BCUT2D eigenvalue weighted by molar-refractivity contribution is 14.0. The van der Waals surface area contributed by atoms with Gasteiger partial charge >= 0.3 is 0 Å². The van der Waals surface area contributed by atoms with E-state index in [-0.39, 0.29) is 29.7 Å². The van der Waals surface area contributed by atoms with Crippen molar-refractivity contribution in [3.8, 4) is 0 Å². The lowest BCUT2D eigenvalue weighted by molar-refractivity contribution is 0.481. The van der Waals surface area contributed by atoms with Gasteiger partial charge in [0.2, 0.25) is 0 Å². The summed E-state index contributed by atoms with van der Waals surface area (Å²) in [6.45, 7) is 9.35. The Bertz CT molecular complexity index is 342. The van der Waals surface area contributed by atoms with Crippen molar-refractivity contribution in [3.63, 3.8) is 0 Å². The predicted octanol–water partition coefficient (Wildman–Crippen LogP) is 1.25. The van der Waals surface area contributed by atoms with Crippen molar-refractivity contribution in [2.45, 2.75) is 33.7 Å². The summed E-state index contributed by atoms with van der Waals surface area (Å²) in [6.07, 6.45) is 1.22. The molecule has 1 unspecified atom stereocenters. The summed E-state index contributed by atoms with van der Waals surface area (Å²) in [5.74, 6) is 1.26. The summed E-state index contributed by atoms with van der Waals surface area (Å²) < 4.78 is 22.0. The molecular weight excluding hydrogens is 365 g/mol. The SMILES string of the molecule is CCNC(=NCCS(C)(=O)=O)NC(C)C(C)C.I. The molecule has 0 fully saturated rings. The molecule has 5 nitrogen and oxygen atoms in total. The summed E-state index contributed by atoms with van der Waals surface area (Å²) in [5, 5.41) is 6.35. The van der Waals surface area contributed by atoms with Gasteiger partial charge in [-0.3, -0.25) is 4.99 Å². The Kier molecular flexibility index (Phi) is 11.1. The Hall–Kier alpha value is -0.0500. The van der Waals surface area contributed by atoms with Crippen LogP contribution in [0, 0.1) is 5.92 Å². The van der Waals surface area contributed by atoms with Crippen LogP contribution in [0.3, 0.4) is 0 Å². The van der Waals surface area contributed by atoms with Gasteiger partial charge < -0.3 is 10.6 Å². The second-order valence-electron chi connectivity index (χ2n) is 4.57. The first-order chi connectivity index (χ1) is 7.76. The molecule has 0 rings (SSSR count). The minimum Gasteiger partial charge on any atom is -0.357 e. The molecule has 0 aromatic rings. The molecule has 2 N–H and O–H groups in total. The van der Waals surface area contributed by atoms with Gasteiger partial charge in [-0.25, -0.2) is 8.42 Å². The number of hydrogen-bond acceptors (Lipinski definition) is 3. The standard InChI is InChI=1S/C11H25N3O2S.HI/c1-6-12-11(14-10(4)9(2)3)13-7-8-17(5,15)16;/h9-10H,6-8H2,1-5H3,(H2,12,13,14);1H. The lowest BCUT2D eigenvalue weighted by Gasteiger charge is -2.20. The minimum absolute atomic E-state index is 0. The Balaban J connectivity index is 0. The number of rotatable bonds is 6. The highest BCUT2D eigenvalue weighted by Gasteiger charge is 2.09. The van der Waals surface area contributed by atoms with Crippen LogP contribution in [0.15, 0.2) is 4.99 Å². The van der Waals surface area contributed by atoms with E-state index in [1.54, 1.807) is 0 Å². The zero-order valence-corrected chi connectivity index (χ0v) is 15.0. The van der Waals surface area contributed by atoms with Gasteiger partial charge in [-0.1, -0.05) is 13.8 Å². The molecule has 0 aliphatic carbocycles. The van der Waals surface area contributed by atoms with E-state index >= 15 is 0 Å². The Morgan fingerprint density at radius 3 is 2.22 bits per heavy atom. The highest BCUT2D eigenvalue weighted by atomic mass is 127. The molecule has 0 spiro atoms. The van der Waals surface area contributed by atoms with Crippen LogP contribution in [-0.4, -0.2) is 45.5 Å². The largest absolute Gasteiger partial charge is 0.357 e. The zero-order chi connectivity index (χ0) is 13.5. The van der Waals surface area contributed by atoms with E-state index in [0.717, 1.165) is 6.54 Å². The molecule has 0 aliphatic rings. The molecule has 0 heterocycles. The topological polar surface area (TPSA) is 70.6 Å². The Labute approximate surface area is 128 Å². The fourth-order valence-electron chi connectivity index (χ4n) is 1.03. The maximum Gasteiger partial charge on any atom is 0.191 e. The molecule has 0 radical (unpaired) electrons. The predicted molar refractivity (Wildman–Crippen MR) is 88.5 cm³/mol. The minimum atomic E-state index is -2.94. The third-order valence-electron chi connectivity index (χ3n) is 2.44. The van der Waals surface area contributed by atoms with Crippen molar-refractivity contribution in [2.24, 2.45) is 10.9 Å². The first-order valence-electron chi connectivity index (χ1n) is 5.98. The van der Waals surface area contributed by atoms with Gasteiger partial charge in [-0.2, -0.15) is 0 Å². The second kappa shape index (κ2) is 9.82. The molecular formula is C11H26IN3O2S. The average Bonchev–Trinajstić information content (AvgIpc) is 2.15. The fraction of sp³-hybridized carbons (Fsp3) is 0.909. The fourth-order valence-corrected chi connectivity index (χ4v) is 1.45. The molecule has 1 atom stereocenters. The summed E-state index contributed by atoms with van der Waals surface area (Å²) in [7, 11) is -2.94. The van der Waals surface area contributed by atoms with Crippen molar-refractivity contribution in [3.05, 3.63) is 0 Å². The van der Waals surface area contributed by atoms with Gasteiger partial charge in [-0.15, -0.1) is 24.0 Å². The Morgan fingerprint density at radius 2 is 1.83 bits per heavy atom. The molecule has 0 aliphatic heterocycles. The lowest BCUT2D eigenvalue weighted by atomic mass is 10.1. The van der Waals surface area contributed by atoms with Gasteiger partial charge in [0.05, 0.1) is 12.3 Å². The highest BCUT2D eigenvalue weighted by Crippen LogP contribution is 1.99. The van der Waals surface area contributed by atoms with Gasteiger partial charge in [0.1, 0.15) is 9.84 Å². The first-order valence-corrected chi connectivity index (χ1v) is 8.05. The van der Waals surface area contributed by atoms with Crippen molar-refractivity contribution in [2.75, 3.05) is 25.1 Å². The van der Waals surface area contributed by atoms with Crippen LogP contribution in [0.4, 0.5) is 0 Å². The summed E-state index contributed by atoms with van der Waals surface area (Å²) in [4.78, 5) is 4.24. The number of nitrogens with one attached hydrogen (secondary N) is 2. The van der Waals surface area contributed by atoms with Crippen LogP contribution in [0.1, 0.15) is 27.7 Å². The zero-order valence-electron chi connectivity index (χ0n) is 11.9. The van der Waals surface area contributed by atoms with Crippen LogP contribution in [0.2, 0.25) is 0 Å². The van der Waals surface area contributed by atoms with E-state index in [4.69, 9.17) is 0 Å². The molecule has 7 heteroatoms. The third-order valence-corrected chi connectivity index (χ3v) is 3.36. The molecule has 0 saturated carbocycles. The van der Waals surface area contributed by atoms with E-state index in [2.05, 4.69) is 36.4 Å². The molecule has 0 amide bonds. The summed E-state index contributed by atoms with van der Waals surface area (Å²) in [6, 6.07) is 0.297. The smallest absolute Gasteiger partial charge is 0.191 e. The van der Waals surface area contributed by atoms with Gasteiger partial charge in [0, 0.05) is 18.8 Å². The molecule has 0 aromatic heterocycles. The second-order valence-corrected chi connectivity index (χ2v) is 6.83. The maximum absolute atomic E-state index is 11.0. The lowest BCUT2D eigenvalue weighted by Crippen LogP contribution is -2.44. The van der Waals surface area contributed by atoms with Gasteiger partial charge in [0.15, 0.2) is 5.96 Å². The van der Waals surface area contributed by atoms with Crippen LogP contribution < -0.4 is 10.6 Å². The average molecular weight is 391 g/mol. The maximum atomic E-state index is 11.0. The van der Waals surface area contributed by atoms with Crippen molar-refractivity contribution >= 4 is 39.8 Å². The summed E-state index contributed by atoms with van der Waals surface area (Å²) >= 11 is 0. The number of hydrogen-bond donors (Lipinski definition) is 2. The summed E-state index contributed by atoms with van der Waals surface area (Å²) in [5.41, 5.74) is 0. The van der Waals surface area contributed by atoms with Crippen LogP contribution >= 0.6 is 24.0 Å². The van der Waals surface area contributed by atoms with E-state index in [1.807, 2.05) is 6.92 Å². The van der Waals surface area contributed by atoms with Crippen LogP contribution in [0.25, 0.3) is 0 Å². The van der Waals surface area contributed by atoms with Crippen molar-refractivity contribution < 1.29 is 8.42 Å². The number of sulfone groups is 1. The van der Waals surface area contributed by atoms with E-state index in [0.29, 0.717) is 24.5 Å². The Morgan fingerprint density at radius 1 is 1.28 bits per heavy atom. The monoisotopic (exact) mass is 391 g/mol. The molecule has 0 aromatic carbocycles. The molecule has 18 heavy (non-hydrogen) atoms. The number of halogens is 1. The van der Waals surface area contributed by atoms with Gasteiger partial charge in [0.25, 0.3) is 0 Å². The number of aliphatic imine (C=N–C) groups is 1. The molecule has 110 valence electrons. The molecule has 0 saturated heterocycles. The number of guanidine groups is 1. The van der Waals surface area contributed by atoms with Crippen molar-refractivity contribution in [1.82, 2.24) is 10.6 Å². The van der Waals surface area contributed by atoms with E-state index < -0.39 is 9.84 Å². The van der Waals surface area contributed by atoms with Crippen LogP contribution in [-0.2, 0) is 9.84 Å². The van der Waals surface area contributed by atoms with Crippen LogP contribution in [0.5, 0.6) is 0 Å². The first kappa shape index (κ1) is 20.3. The normalized spacial score (nSPS) is 14.0. The third kappa shape index (κ3) is 11.1.